The molecule has 0 radical (unpaired) electrons. The van der Waals surface area contributed by atoms with Gasteiger partial charge in [-0.2, -0.15) is 0 Å². The van der Waals surface area contributed by atoms with Crippen LogP contribution in [0.1, 0.15) is 19.0 Å². The molecule has 2 aromatic rings. The van der Waals surface area contributed by atoms with Crippen LogP contribution >= 0.6 is 0 Å². The zero-order valence-corrected chi connectivity index (χ0v) is 11.2. The molecule has 0 saturated heterocycles. The van der Waals surface area contributed by atoms with Gasteiger partial charge in [-0.15, -0.1) is 0 Å². The highest BCUT2D eigenvalue weighted by molar-refractivity contribution is 5.91. The van der Waals surface area contributed by atoms with Gasteiger partial charge in [0.05, 0.1) is 5.52 Å². The fourth-order valence-corrected chi connectivity index (χ4v) is 2.33. The van der Waals surface area contributed by atoms with E-state index >= 15 is 0 Å². The maximum Gasteiger partial charge on any atom is 0.0726 e. The Labute approximate surface area is 109 Å². The number of rotatable bonds is 5. The maximum absolute atomic E-state index is 5.72. The number of aromatic nitrogens is 1. The monoisotopic (exact) mass is 243 g/mol. The molecule has 1 heterocycles. The molecule has 18 heavy (non-hydrogen) atoms. The van der Waals surface area contributed by atoms with Gasteiger partial charge in [0, 0.05) is 36.4 Å². The summed E-state index contributed by atoms with van der Waals surface area (Å²) in [6.45, 7) is 6.84. The molecule has 2 rings (SSSR count). The minimum absolute atomic E-state index is 0.676. The number of benzene rings is 1. The second kappa shape index (κ2) is 5.83. The first-order valence-corrected chi connectivity index (χ1v) is 6.57. The summed E-state index contributed by atoms with van der Waals surface area (Å²) in [5, 5.41) is 1.21. The number of nitrogens with two attached hydrogens (primary N) is 1. The van der Waals surface area contributed by atoms with Crippen molar-refractivity contribution in [2.24, 2.45) is 5.73 Å². The quantitative estimate of drug-likeness (QED) is 0.878. The highest BCUT2D eigenvalue weighted by Gasteiger charge is 2.10. The highest BCUT2D eigenvalue weighted by Crippen LogP contribution is 2.26. The van der Waals surface area contributed by atoms with E-state index in [0.29, 0.717) is 6.54 Å². The Kier molecular flexibility index (Phi) is 4.15. The Hall–Kier alpha value is -1.61. The van der Waals surface area contributed by atoms with Crippen molar-refractivity contribution in [3.05, 3.63) is 36.0 Å². The molecule has 0 saturated carbocycles. The third-order valence-corrected chi connectivity index (χ3v) is 3.06. The third-order valence-electron chi connectivity index (χ3n) is 3.06. The van der Waals surface area contributed by atoms with Gasteiger partial charge in [0.25, 0.3) is 0 Å². The van der Waals surface area contributed by atoms with E-state index < -0.39 is 0 Å². The molecule has 3 nitrogen and oxygen atoms in total. The minimum Gasteiger partial charge on any atom is -0.370 e. The lowest BCUT2D eigenvalue weighted by Gasteiger charge is -2.25. The van der Waals surface area contributed by atoms with Crippen LogP contribution in [0.3, 0.4) is 0 Å². The smallest absolute Gasteiger partial charge is 0.0726 e. The number of hydrogen-bond acceptors (Lipinski definition) is 3. The predicted molar refractivity (Wildman–Crippen MR) is 78.0 cm³/mol. The topological polar surface area (TPSA) is 42.1 Å². The normalized spacial score (nSPS) is 10.8. The van der Waals surface area contributed by atoms with Gasteiger partial charge in [-0.05, 0) is 25.5 Å². The van der Waals surface area contributed by atoms with E-state index in [-0.39, 0.29) is 0 Å². The summed E-state index contributed by atoms with van der Waals surface area (Å²) < 4.78 is 0. The lowest BCUT2D eigenvalue weighted by Crippen LogP contribution is -2.30. The molecule has 0 aliphatic carbocycles. The van der Waals surface area contributed by atoms with Crippen molar-refractivity contribution >= 4 is 16.6 Å². The highest BCUT2D eigenvalue weighted by atomic mass is 15.1. The van der Waals surface area contributed by atoms with Crippen LogP contribution in [0.5, 0.6) is 0 Å². The second-order valence-electron chi connectivity index (χ2n) is 4.58. The average molecular weight is 243 g/mol. The zero-order valence-electron chi connectivity index (χ0n) is 11.2. The molecule has 2 N–H and O–H groups in total. The number of para-hydroxylation sites is 1. The lowest BCUT2D eigenvalue weighted by atomic mass is 10.1. The van der Waals surface area contributed by atoms with Gasteiger partial charge < -0.3 is 10.6 Å². The fourth-order valence-electron chi connectivity index (χ4n) is 2.33. The van der Waals surface area contributed by atoms with Crippen molar-refractivity contribution in [2.75, 3.05) is 24.5 Å². The van der Waals surface area contributed by atoms with Crippen LogP contribution in [0.4, 0.5) is 5.69 Å². The summed E-state index contributed by atoms with van der Waals surface area (Å²) in [6.07, 6.45) is 1.12. The number of fused-ring (bicyclic) bond motifs is 1. The van der Waals surface area contributed by atoms with Crippen molar-refractivity contribution in [1.82, 2.24) is 4.98 Å². The number of nitrogens with zero attached hydrogens (tertiary/aromatic N) is 2. The Morgan fingerprint density at radius 3 is 2.72 bits per heavy atom. The van der Waals surface area contributed by atoms with E-state index in [9.17, 15) is 0 Å². The van der Waals surface area contributed by atoms with Crippen molar-refractivity contribution in [1.29, 1.82) is 0 Å². The van der Waals surface area contributed by atoms with Crippen molar-refractivity contribution in [3.8, 4) is 0 Å². The predicted octanol–water partition coefficient (Wildman–Crippen LogP) is 2.72. The van der Waals surface area contributed by atoms with Gasteiger partial charge in [0.2, 0.25) is 0 Å². The molecule has 96 valence electrons. The van der Waals surface area contributed by atoms with Crippen LogP contribution in [-0.2, 0) is 0 Å². The average Bonchev–Trinajstić information content (AvgIpc) is 2.37. The van der Waals surface area contributed by atoms with Crippen LogP contribution in [0.15, 0.2) is 30.3 Å². The molecule has 0 aliphatic rings. The Morgan fingerprint density at radius 1 is 1.22 bits per heavy atom. The summed E-state index contributed by atoms with van der Waals surface area (Å²) in [5.74, 6) is 0. The molecule has 0 fully saturated rings. The summed E-state index contributed by atoms with van der Waals surface area (Å²) in [4.78, 5) is 6.94. The van der Waals surface area contributed by atoms with Crippen LogP contribution in [0, 0.1) is 6.92 Å². The lowest BCUT2D eigenvalue weighted by molar-refractivity contribution is 0.764. The molecule has 3 heteroatoms. The standard InChI is InChI=1S/C15H21N3/c1-3-9-18(10-8-16)15-11-12(2)17-14-7-5-4-6-13(14)15/h4-7,11H,3,8-10,16H2,1-2H3. The first-order chi connectivity index (χ1) is 8.76. The molecular formula is C15H21N3. The van der Waals surface area contributed by atoms with Crippen molar-refractivity contribution < 1.29 is 0 Å². The number of pyridine rings is 1. The Balaban J connectivity index is 2.52. The van der Waals surface area contributed by atoms with Crippen molar-refractivity contribution in [2.45, 2.75) is 20.3 Å². The largest absolute Gasteiger partial charge is 0.370 e. The second-order valence-corrected chi connectivity index (χ2v) is 4.58. The first kappa shape index (κ1) is 12.8. The number of hydrogen-bond donors (Lipinski definition) is 1. The molecule has 0 atom stereocenters. The SMILES string of the molecule is CCCN(CCN)c1cc(C)nc2ccccc12. The minimum atomic E-state index is 0.676. The van der Waals surface area contributed by atoms with E-state index in [4.69, 9.17) is 5.73 Å². The zero-order chi connectivity index (χ0) is 13.0. The summed E-state index contributed by atoms with van der Waals surface area (Å²) in [7, 11) is 0. The van der Waals surface area contributed by atoms with Gasteiger partial charge in [-0.3, -0.25) is 4.98 Å². The summed E-state index contributed by atoms with van der Waals surface area (Å²) in [5.41, 5.74) is 9.09. The molecule has 0 spiro atoms. The van der Waals surface area contributed by atoms with Crippen LogP contribution in [-0.4, -0.2) is 24.6 Å². The Bertz CT molecular complexity index is 516. The van der Waals surface area contributed by atoms with Gasteiger partial charge in [-0.1, -0.05) is 25.1 Å². The van der Waals surface area contributed by atoms with Crippen LogP contribution in [0.2, 0.25) is 0 Å². The fraction of sp³-hybridized carbons (Fsp3) is 0.400. The third kappa shape index (κ3) is 2.62. The van der Waals surface area contributed by atoms with Crippen molar-refractivity contribution in [3.63, 3.8) is 0 Å². The number of anilines is 1. The van der Waals surface area contributed by atoms with Gasteiger partial charge >= 0.3 is 0 Å². The van der Waals surface area contributed by atoms with Gasteiger partial charge in [0.15, 0.2) is 0 Å². The van der Waals surface area contributed by atoms with E-state index in [1.165, 1.54) is 11.1 Å². The molecule has 0 bridgehead atoms. The van der Waals surface area contributed by atoms with E-state index in [1.807, 2.05) is 13.0 Å². The molecule has 0 aliphatic heterocycles. The molecule has 0 amide bonds. The van der Waals surface area contributed by atoms with Crippen LogP contribution in [0.25, 0.3) is 10.9 Å². The maximum atomic E-state index is 5.72. The summed E-state index contributed by atoms with van der Waals surface area (Å²) in [6, 6.07) is 10.5. The first-order valence-electron chi connectivity index (χ1n) is 6.57. The van der Waals surface area contributed by atoms with E-state index in [1.54, 1.807) is 0 Å². The van der Waals surface area contributed by atoms with Crippen LogP contribution < -0.4 is 10.6 Å². The summed E-state index contributed by atoms with van der Waals surface area (Å²) >= 11 is 0. The Morgan fingerprint density at radius 2 is 2.00 bits per heavy atom. The number of aryl methyl sites for hydroxylation is 1. The van der Waals surface area contributed by atoms with E-state index in [0.717, 1.165) is 30.7 Å². The van der Waals surface area contributed by atoms with E-state index in [2.05, 4.69) is 41.1 Å². The molecular weight excluding hydrogens is 222 g/mol. The molecule has 1 aromatic carbocycles. The molecule has 1 aromatic heterocycles. The molecule has 0 unspecified atom stereocenters. The van der Waals surface area contributed by atoms with Gasteiger partial charge in [0.1, 0.15) is 0 Å². The van der Waals surface area contributed by atoms with Gasteiger partial charge in [-0.25, -0.2) is 0 Å².